The molecule has 2 aromatic carbocycles. The van der Waals surface area contributed by atoms with Crippen LogP contribution in [0.15, 0.2) is 39.9 Å². The highest BCUT2D eigenvalue weighted by Gasteiger charge is 2.24. The molecule has 2 heterocycles. The monoisotopic (exact) mass is 583 g/mol. The molecular formula is C29H34ClN5O6. The minimum absolute atomic E-state index is 0.0496. The van der Waals surface area contributed by atoms with Gasteiger partial charge in [0.1, 0.15) is 6.54 Å². The van der Waals surface area contributed by atoms with E-state index in [1.54, 1.807) is 62.9 Å². The van der Waals surface area contributed by atoms with Gasteiger partial charge in [0.05, 0.1) is 33.8 Å². The number of nitrogens with zero attached hydrogens (tertiary/aromatic N) is 4. The molecule has 1 aliphatic heterocycles. The number of carbonyl (C=O) groups is 3. The van der Waals surface area contributed by atoms with Gasteiger partial charge in [-0.1, -0.05) is 23.7 Å². The molecule has 218 valence electrons. The maximum Gasteiger partial charge on any atom is 0.338 e. The second-order valence-corrected chi connectivity index (χ2v) is 10.4. The largest absolute Gasteiger partial charge is 0.462 e. The molecule has 4 rings (SSSR count). The highest BCUT2D eigenvalue weighted by atomic mass is 35.5. The van der Waals surface area contributed by atoms with Crippen molar-refractivity contribution in [3.8, 4) is 5.69 Å². The van der Waals surface area contributed by atoms with Crippen LogP contribution in [0.25, 0.3) is 16.6 Å². The first-order valence-corrected chi connectivity index (χ1v) is 13.9. The van der Waals surface area contributed by atoms with Gasteiger partial charge >= 0.3 is 11.7 Å². The van der Waals surface area contributed by atoms with E-state index in [1.165, 1.54) is 4.57 Å². The zero-order valence-corrected chi connectivity index (χ0v) is 24.4. The quantitative estimate of drug-likeness (QED) is 0.402. The smallest absolute Gasteiger partial charge is 0.338 e. The fourth-order valence-electron chi connectivity index (χ4n) is 5.22. The summed E-state index contributed by atoms with van der Waals surface area (Å²) in [4.78, 5) is 69.0. The van der Waals surface area contributed by atoms with Crippen molar-refractivity contribution in [2.75, 3.05) is 45.9 Å². The lowest BCUT2D eigenvalue weighted by atomic mass is 9.98. The molecule has 41 heavy (non-hydrogen) atoms. The van der Waals surface area contributed by atoms with Crippen LogP contribution in [-0.4, -0.2) is 82.6 Å². The SMILES string of the molecule is CCOC(=O)c1c(C)cc2c(c1C)c(=O)n(-c1ccccc1Cl)c(=O)n2CC(=O)NCCN1CCN(C(C)=O)CC1. The first-order valence-electron chi connectivity index (χ1n) is 13.5. The molecule has 0 unspecified atom stereocenters. The standard InChI is InChI=1S/C29H34ClN5O6/c1-5-41-28(39)25-18(2)16-23-26(19(25)3)27(38)35(22-9-7-6-8-21(22)30)29(40)34(23)17-24(37)31-10-11-32-12-14-33(15-13-32)20(4)36/h6-9,16H,5,10-15,17H2,1-4H3,(H,31,37). The van der Waals surface area contributed by atoms with Gasteiger partial charge in [-0.25, -0.2) is 14.2 Å². The summed E-state index contributed by atoms with van der Waals surface area (Å²) < 4.78 is 7.38. The van der Waals surface area contributed by atoms with E-state index in [9.17, 15) is 24.0 Å². The molecular weight excluding hydrogens is 550 g/mol. The number of aryl methyl sites for hydroxylation is 2. The van der Waals surface area contributed by atoms with Crippen molar-refractivity contribution in [1.29, 1.82) is 0 Å². The zero-order valence-electron chi connectivity index (χ0n) is 23.7. The number of carbonyl (C=O) groups excluding carboxylic acids is 3. The van der Waals surface area contributed by atoms with Gasteiger partial charge in [-0.3, -0.25) is 23.9 Å². The Morgan fingerprint density at radius 3 is 2.37 bits per heavy atom. The number of amides is 2. The van der Waals surface area contributed by atoms with Gasteiger partial charge in [-0.15, -0.1) is 0 Å². The molecule has 1 aromatic heterocycles. The molecule has 0 bridgehead atoms. The molecule has 12 heteroatoms. The fourth-order valence-corrected chi connectivity index (χ4v) is 5.44. The van der Waals surface area contributed by atoms with Gasteiger partial charge in [-0.05, 0) is 50.1 Å². The van der Waals surface area contributed by atoms with Crippen LogP contribution in [0.4, 0.5) is 0 Å². The van der Waals surface area contributed by atoms with E-state index in [0.717, 1.165) is 4.57 Å². The number of piperazine rings is 1. The van der Waals surface area contributed by atoms with Crippen molar-refractivity contribution in [2.45, 2.75) is 34.2 Å². The summed E-state index contributed by atoms with van der Waals surface area (Å²) in [6.07, 6.45) is 0. The number of halogens is 1. The maximum absolute atomic E-state index is 13.8. The van der Waals surface area contributed by atoms with Crippen LogP contribution >= 0.6 is 11.6 Å². The van der Waals surface area contributed by atoms with Gasteiger partial charge in [0, 0.05) is 46.2 Å². The number of ether oxygens (including phenoxy) is 1. The lowest BCUT2D eigenvalue weighted by Gasteiger charge is -2.34. The summed E-state index contributed by atoms with van der Waals surface area (Å²) in [6, 6.07) is 8.00. The topological polar surface area (TPSA) is 123 Å². The van der Waals surface area contributed by atoms with Gasteiger partial charge in [0.2, 0.25) is 11.8 Å². The second-order valence-electron chi connectivity index (χ2n) is 9.97. The molecule has 0 aliphatic carbocycles. The lowest BCUT2D eigenvalue weighted by molar-refractivity contribution is -0.130. The number of nitrogens with one attached hydrogen (secondary N) is 1. The Kier molecular flexibility index (Phi) is 9.29. The van der Waals surface area contributed by atoms with Crippen molar-refractivity contribution in [1.82, 2.24) is 24.3 Å². The maximum atomic E-state index is 13.8. The van der Waals surface area contributed by atoms with Gasteiger partial charge in [0.25, 0.3) is 5.56 Å². The van der Waals surface area contributed by atoms with Gasteiger partial charge in [0.15, 0.2) is 0 Å². The van der Waals surface area contributed by atoms with Crippen LogP contribution in [0, 0.1) is 13.8 Å². The van der Waals surface area contributed by atoms with Crippen LogP contribution in [0.1, 0.15) is 35.3 Å². The first-order chi connectivity index (χ1) is 19.5. The summed E-state index contributed by atoms with van der Waals surface area (Å²) in [6.45, 7) is 10.0. The first kappa shape index (κ1) is 30.0. The van der Waals surface area contributed by atoms with Crippen molar-refractivity contribution in [3.05, 3.63) is 72.9 Å². The Morgan fingerprint density at radius 1 is 1.05 bits per heavy atom. The van der Waals surface area contributed by atoms with E-state index in [0.29, 0.717) is 50.4 Å². The summed E-state index contributed by atoms with van der Waals surface area (Å²) in [5.41, 5.74) is 0.132. The predicted molar refractivity (Wildman–Crippen MR) is 156 cm³/mol. The minimum Gasteiger partial charge on any atom is -0.462 e. The Morgan fingerprint density at radius 2 is 1.73 bits per heavy atom. The van der Waals surface area contributed by atoms with Crippen LogP contribution in [0.2, 0.25) is 5.02 Å². The molecule has 0 saturated carbocycles. The summed E-state index contributed by atoms with van der Waals surface area (Å²) in [5.74, 6) is -0.939. The van der Waals surface area contributed by atoms with E-state index in [-0.39, 0.29) is 46.2 Å². The molecule has 1 N–H and O–H groups in total. The van der Waals surface area contributed by atoms with Crippen LogP contribution in [0.3, 0.4) is 0 Å². The number of fused-ring (bicyclic) bond motifs is 1. The van der Waals surface area contributed by atoms with E-state index >= 15 is 0 Å². The number of rotatable bonds is 8. The molecule has 1 aliphatic rings. The number of hydrogen-bond acceptors (Lipinski definition) is 7. The normalized spacial score (nSPS) is 13.8. The summed E-state index contributed by atoms with van der Waals surface area (Å²) in [7, 11) is 0. The van der Waals surface area contributed by atoms with Crippen LogP contribution in [-0.2, 0) is 20.9 Å². The number of para-hydroxylation sites is 1. The van der Waals surface area contributed by atoms with E-state index in [4.69, 9.17) is 16.3 Å². The minimum atomic E-state index is -0.728. The third kappa shape index (κ3) is 6.20. The lowest BCUT2D eigenvalue weighted by Crippen LogP contribution is -2.50. The fraction of sp³-hybridized carbons (Fsp3) is 0.414. The Balaban J connectivity index is 1.71. The Bertz CT molecular complexity index is 1620. The van der Waals surface area contributed by atoms with Gasteiger partial charge in [-0.2, -0.15) is 0 Å². The summed E-state index contributed by atoms with van der Waals surface area (Å²) >= 11 is 6.38. The molecule has 11 nitrogen and oxygen atoms in total. The molecule has 1 fully saturated rings. The van der Waals surface area contributed by atoms with E-state index in [2.05, 4.69) is 10.2 Å². The van der Waals surface area contributed by atoms with Crippen molar-refractivity contribution >= 4 is 40.3 Å². The predicted octanol–water partition coefficient (Wildman–Crippen LogP) is 1.88. The average molecular weight is 584 g/mol. The average Bonchev–Trinajstić information content (AvgIpc) is 2.92. The molecule has 1 saturated heterocycles. The van der Waals surface area contributed by atoms with Crippen LogP contribution < -0.4 is 16.6 Å². The third-order valence-corrected chi connectivity index (χ3v) is 7.65. The second kappa shape index (κ2) is 12.7. The van der Waals surface area contributed by atoms with E-state index < -0.39 is 23.1 Å². The van der Waals surface area contributed by atoms with Crippen molar-refractivity contribution < 1.29 is 19.1 Å². The highest BCUT2D eigenvalue weighted by molar-refractivity contribution is 6.32. The zero-order chi connectivity index (χ0) is 29.8. The van der Waals surface area contributed by atoms with Crippen LogP contribution in [0.5, 0.6) is 0 Å². The number of esters is 1. The third-order valence-electron chi connectivity index (χ3n) is 7.33. The Labute approximate surface area is 242 Å². The van der Waals surface area contributed by atoms with Crippen molar-refractivity contribution in [2.24, 2.45) is 0 Å². The highest BCUT2D eigenvalue weighted by Crippen LogP contribution is 2.25. The molecule has 0 spiro atoms. The van der Waals surface area contributed by atoms with Crippen molar-refractivity contribution in [3.63, 3.8) is 0 Å². The molecule has 0 radical (unpaired) electrons. The summed E-state index contributed by atoms with van der Waals surface area (Å²) in [5, 5.41) is 3.16. The molecule has 2 amide bonds. The van der Waals surface area contributed by atoms with E-state index in [1.807, 2.05) is 0 Å². The Hall–Kier alpha value is -3.96. The molecule has 0 atom stereocenters. The number of aromatic nitrogens is 2. The molecule has 3 aromatic rings. The van der Waals surface area contributed by atoms with Gasteiger partial charge < -0.3 is 15.0 Å². The number of hydrogen-bond donors (Lipinski definition) is 1. The number of benzene rings is 2.